The average Bonchev–Trinajstić information content (AvgIpc) is 2.30. The van der Waals surface area contributed by atoms with E-state index in [1.54, 1.807) is 36.5 Å². The summed E-state index contributed by atoms with van der Waals surface area (Å²) in [4.78, 5) is 4.16. The van der Waals surface area contributed by atoms with Crippen molar-refractivity contribution >= 4 is 0 Å². The molecular formula is C13H13NO2. The Balaban J connectivity index is 2.28. The van der Waals surface area contributed by atoms with Gasteiger partial charge < -0.3 is 10.2 Å². The molecule has 1 aromatic carbocycles. The number of phenols is 1. The molecule has 16 heavy (non-hydrogen) atoms. The van der Waals surface area contributed by atoms with Crippen LogP contribution < -0.4 is 0 Å². The molecule has 3 heteroatoms. The summed E-state index contributed by atoms with van der Waals surface area (Å²) in [6.07, 6.45) is 0.972. The zero-order valence-electron chi connectivity index (χ0n) is 8.96. The smallest absolute Gasteiger partial charge is 0.121 e. The Morgan fingerprint density at radius 3 is 2.31 bits per heavy atom. The number of hydrogen-bond donors (Lipinski definition) is 2. The fourth-order valence-electron chi connectivity index (χ4n) is 1.47. The highest BCUT2D eigenvalue weighted by Gasteiger charge is 2.11. The third-order valence-electron chi connectivity index (χ3n) is 2.42. The van der Waals surface area contributed by atoms with E-state index in [0.717, 1.165) is 5.56 Å². The van der Waals surface area contributed by atoms with Crippen molar-refractivity contribution in [3.8, 4) is 5.75 Å². The second kappa shape index (κ2) is 4.33. The molecule has 0 aliphatic rings. The number of nitrogens with zero attached hydrogens (tertiary/aromatic N) is 1. The Bertz CT molecular complexity index is 417. The standard InChI is InChI=1S/C13H13NO2/c1-9-2-7-12(14-8-9)13(16)10-3-5-11(15)6-4-10/h2-8,13,15-16H,1H3/t13-/m0/s1. The van der Waals surface area contributed by atoms with E-state index < -0.39 is 6.10 Å². The molecule has 1 aromatic heterocycles. The van der Waals surface area contributed by atoms with Crippen LogP contribution in [0.2, 0.25) is 0 Å². The molecule has 0 saturated carbocycles. The van der Waals surface area contributed by atoms with Gasteiger partial charge in [-0.25, -0.2) is 0 Å². The number of phenolic OH excluding ortho intramolecular Hbond substituents is 1. The van der Waals surface area contributed by atoms with Crippen molar-refractivity contribution in [2.75, 3.05) is 0 Å². The van der Waals surface area contributed by atoms with Gasteiger partial charge in [0.2, 0.25) is 0 Å². The van der Waals surface area contributed by atoms with Gasteiger partial charge in [-0.3, -0.25) is 4.98 Å². The first kappa shape index (κ1) is 10.6. The highest BCUT2D eigenvalue weighted by atomic mass is 16.3. The lowest BCUT2D eigenvalue weighted by atomic mass is 10.1. The predicted octanol–water partition coefficient (Wildman–Crippen LogP) is 2.18. The van der Waals surface area contributed by atoms with Crippen molar-refractivity contribution in [3.63, 3.8) is 0 Å². The van der Waals surface area contributed by atoms with E-state index in [2.05, 4.69) is 4.98 Å². The van der Waals surface area contributed by atoms with Crippen LogP contribution in [0.5, 0.6) is 5.75 Å². The normalized spacial score (nSPS) is 12.4. The molecule has 0 bridgehead atoms. The first-order chi connectivity index (χ1) is 7.66. The zero-order valence-corrected chi connectivity index (χ0v) is 8.96. The second-order valence-electron chi connectivity index (χ2n) is 3.75. The van der Waals surface area contributed by atoms with Crippen molar-refractivity contribution in [1.29, 1.82) is 0 Å². The molecule has 0 radical (unpaired) electrons. The number of aryl methyl sites for hydroxylation is 1. The maximum atomic E-state index is 10.0. The van der Waals surface area contributed by atoms with Crippen molar-refractivity contribution < 1.29 is 10.2 Å². The van der Waals surface area contributed by atoms with Crippen LogP contribution in [0, 0.1) is 6.92 Å². The highest BCUT2D eigenvalue weighted by molar-refractivity contribution is 5.31. The minimum atomic E-state index is -0.749. The summed E-state index contributed by atoms with van der Waals surface area (Å²) in [5.41, 5.74) is 2.38. The van der Waals surface area contributed by atoms with E-state index in [4.69, 9.17) is 5.11 Å². The summed E-state index contributed by atoms with van der Waals surface area (Å²) in [5.74, 6) is 0.188. The van der Waals surface area contributed by atoms with Gasteiger partial charge in [-0.05, 0) is 36.2 Å². The maximum absolute atomic E-state index is 10.0. The van der Waals surface area contributed by atoms with E-state index in [1.165, 1.54) is 0 Å². The fraction of sp³-hybridized carbons (Fsp3) is 0.154. The Morgan fingerprint density at radius 2 is 1.75 bits per heavy atom. The largest absolute Gasteiger partial charge is 0.508 e. The van der Waals surface area contributed by atoms with E-state index in [-0.39, 0.29) is 5.75 Å². The molecule has 2 aromatic rings. The molecule has 0 aliphatic carbocycles. The molecule has 82 valence electrons. The molecule has 2 N–H and O–H groups in total. The molecule has 0 spiro atoms. The summed E-state index contributed by atoms with van der Waals surface area (Å²) >= 11 is 0. The first-order valence-electron chi connectivity index (χ1n) is 5.06. The maximum Gasteiger partial charge on any atom is 0.121 e. The van der Waals surface area contributed by atoms with Crippen LogP contribution >= 0.6 is 0 Å². The summed E-state index contributed by atoms with van der Waals surface area (Å²) < 4.78 is 0. The van der Waals surface area contributed by atoms with Crippen LogP contribution in [0.25, 0.3) is 0 Å². The van der Waals surface area contributed by atoms with Crippen molar-refractivity contribution in [1.82, 2.24) is 4.98 Å². The van der Waals surface area contributed by atoms with Crippen LogP contribution in [0.3, 0.4) is 0 Å². The zero-order chi connectivity index (χ0) is 11.5. The number of aromatic hydroxyl groups is 1. The number of aliphatic hydroxyl groups excluding tert-OH is 1. The summed E-state index contributed by atoms with van der Waals surface area (Å²) in [7, 11) is 0. The molecule has 0 saturated heterocycles. The van der Waals surface area contributed by atoms with Crippen LogP contribution in [-0.2, 0) is 0 Å². The Morgan fingerprint density at radius 1 is 1.06 bits per heavy atom. The second-order valence-corrected chi connectivity index (χ2v) is 3.75. The minimum absolute atomic E-state index is 0.188. The Kier molecular flexibility index (Phi) is 2.88. The third kappa shape index (κ3) is 2.20. The molecular weight excluding hydrogens is 202 g/mol. The van der Waals surface area contributed by atoms with E-state index in [1.807, 2.05) is 13.0 Å². The fourth-order valence-corrected chi connectivity index (χ4v) is 1.47. The van der Waals surface area contributed by atoms with E-state index >= 15 is 0 Å². The lowest BCUT2D eigenvalue weighted by Gasteiger charge is -2.10. The molecule has 1 heterocycles. The predicted molar refractivity (Wildman–Crippen MR) is 61.1 cm³/mol. The van der Waals surface area contributed by atoms with E-state index in [0.29, 0.717) is 11.3 Å². The van der Waals surface area contributed by atoms with Gasteiger partial charge in [-0.15, -0.1) is 0 Å². The van der Waals surface area contributed by atoms with Crippen LogP contribution in [0.4, 0.5) is 0 Å². The van der Waals surface area contributed by atoms with Crippen molar-refractivity contribution in [3.05, 3.63) is 59.4 Å². The van der Waals surface area contributed by atoms with Crippen molar-refractivity contribution in [2.24, 2.45) is 0 Å². The number of aliphatic hydroxyl groups is 1. The number of aromatic nitrogens is 1. The van der Waals surface area contributed by atoms with Crippen LogP contribution in [0.15, 0.2) is 42.6 Å². The quantitative estimate of drug-likeness (QED) is 0.807. The highest BCUT2D eigenvalue weighted by Crippen LogP contribution is 2.21. The van der Waals surface area contributed by atoms with Crippen LogP contribution in [-0.4, -0.2) is 15.2 Å². The monoisotopic (exact) mass is 215 g/mol. The minimum Gasteiger partial charge on any atom is -0.508 e. The molecule has 0 fully saturated rings. The SMILES string of the molecule is Cc1ccc([C@@H](O)c2ccc(O)cc2)nc1. The Hall–Kier alpha value is -1.87. The molecule has 3 nitrogen and oxygen atoms in total. The first-order valence-corrected chi connectivity index (χ1v) is 5.06. The third-order valence-corrected chi connectivity index (χ3v) is 2.42. The van der Waals surface area contributed by atoms with Gasteiger partial charge >= 0.3 is 0 Å². The lowest BCUT2D eigenvalue weighted by Crippen LogP contribution is -2.01. The van der Waals surface area contributed by atoms with Crippen molar-refractivity contribution in [2.45, 2.75) is 13.0 Å². The average molecular weight is 215 g/mol. The summed E-state index contributed by atoms with van der Waals surface area (Å²) in [6.45, 7) is 1.95. The number of benzene rings is 1. The van der Waals surface area contributed by atoms with Crippen LogP contribution in [0.1, 0.15) is 22.9 Å². The molecule has 2 rings (SSSR count). The van der Waals surface area contributed by atoms with Gasteiger partial charge in [-0.2, -0.15) is 0 Å². The summed E-state index contributed by atoms with van der Waals surface area (Å²) in [5, 5.41) is 19.2. The Labute approximate surface area is 94.0 Å². The number of pyridine rings is 1. The van der Waals surface area contributed by atoms with Gasteiger partial charge in [-0.1, -0.05) is 18.2 Å². The summed E-state index contributed by atoms with van der Waals surface area (Å²) in [6, 6.07) is 10.2. The topological polar surface area (TPSA) is 53.4 Å². The van der Waals surface area contributed by atoms with Gasteiger partial charge in [0.1, 0.15) is 11.9 Å². The van der Waals surface area contributed by atoms with Gasteiger partial charge in [0.15, 0.2) is 0 Å². The number of hydrogen-bond acceptors (Lipinski definition) is 3. The van der Waals surface area contributed by atoms with E-state index in [9.17, 15) is 5.11 Å². The number of rotatable bonds is 2. The van der Waals surface area contributed by atoms with Gasteiger partial charge in [0.05, 0.1) is 5.69 Å². The molecule has 0 aliphatic heterocycles. The molecule has 0 unspecified atom stereocenters. The lowest BCUT2D eigenvalue weighted by molar-refractivity contribution is 0.215. The molecule has 0 amide bonds. The van der Waals surface area contributed by atoms with Gasteiger partial charge in [0.25, 0.3) is 0 Å². The molecule has 1 atom stereocenters. The van der Waals surface area contributed by atoms with Gasteiger partial charge in [0, 0.05) is 6.20 Å².